The highest BCUT2D eigenvalue weighted by molar-refractivity contribution is 5.94. The molecule has 0 spiro atoms. The Morgan fingerprint density at radius 1 is 1.03 bits per heavy atom. The molecule has 35 heavy (non-hydrogen) atoms. The van der Waals surface area contributed by atoms with Crippen LogP contribution >= 0.6 is 0 Å². The number of fused-ring (bicyclic) bond motifs is 1. The molecule has 2 aromatic heterocycles. The first-order valence-corrected chi connectivity index (χ1v) is 12.2. The monoisotopic (exact) mass is 481 g/mol. The van der Waals surface area contributed by atoms with Gasteiger partial charge in [-0.15, -0.1) is 0 Å². The van der Waals surface area contributed by atoms with E-state index in [2.05, 4.69) is 9.88 Å². The minimum absolute atomic E-state index is 0.123. The molecule has 0 saturated carbocycles. The first kappa shape index (κ1) is 24.6. The van der Waals surface area contributed by atoms with E-state index in [1.165, 1.54) is 0 Å². The molecule has 2 aromatic rings. The maximum absolute atomic E-state index is 12.8. The number of hydrogen-bond acceptors (Lipinski definition) is 9. The average Bonchev–Trinajstić information content (AvgIpc) is 2.88. The highest BCUT2D eigenvalue weighted by Gasteiger charge is 2.32. The van der Waals surface area contributed by atoms with Crippen LogP contribution in [0.15, 0.2) is 24.4 Å². The summed E-state index contributed by atoms with van der Waals surface area (Å²) in [5.41, 5.74) is 2.44. The fourth-order valence-corrected chi connectivity index (χ4v) is 4.52. The van der Waals surface area contributed by atoms with Crippen molar-refractivity contribution >= 4 is 23.7 Å². The number of piperidine rings is 1. The molecule has 2 aliphatic rings. The zero-order valence-electron chi connectivity index (χ0n) is 20.2. The molecule has 1 amide bonds. The molecule has 10 nitrogen and oxygen atoms in total. The minimum atomic E-state index is -0.522. The van der Waals surface area contributed by atoms with Crippen LogP contribution in [0.3, 0.4) is 0 Å². The SMILES string of the molecule is CCOC(=O)CC(=O)N1CCc2nc(-c3ccccn3)nc(N3CCC(C(=O)OCC)CC3)c2C1. The second kappa shape index (κ2) is 11.2. The molecule has 0 N–H and O–H groups in total. The first-order chi connectivity index (χ1) is 17.0. The van der Waals surface area contributed by atoms with Crippen molar-refractivity contribution in [2.24, 2.45) is 5.92 Å². The zero-order valence-corrected chi connectivity index (χ0v) is 20.2. The lowest BCUT2D eigenvalue weighted by atomic mass is 9.96. The second-order valence-electron chi connectivity index (χ2n) is 8.57. The third-order valence-corrected chi connectivity index (χ3v) is 6.30. The van der Waals surface area contributed by atoms with Gasteiger partial charge in [-0.3, -0.25) is 19.4 Å². The summed E-state index contributed by atoms with van der Waals surface area (Å²) in [4.78, 5) is 54.7. The summed E-state index contributed by atoms with van der Waals surface area (Å²) in [5, 5.41) is 0. The smallest absolute Gasteiger partial charge is 0.315 e. The maximum Gasteiger partial charge on any atom is 0.315 e. The average molecular weight is 482 g/mol. The van der Waals surface area contributed by atoms with Crippen LogP contribution in [0, 0.1) is 5.92 Å². The summed E-state index contributed by atoms with van der Waals surface area (Å²) in [7, 11) is 0. The van der Waals surface area contributed by atoms with Crippen LogP contribution < -0.4 is 4.90 Å². The highest BCUT2D eigenvalue weighted by atomic mass is 16.5. The number of rotatable bonds is 7. The van der Waals surface area contributed by atoms with Crippen molar-refractivity contribution in [2.45, 2.75) is 46.1 Å². The molecule has 0 bridgehead atoms. The Hall–Kier alpha value is -3.56. The van der Waals surface area contributed by atoms with Gasteiger partial charge in [0.1, 0.15) is 17.9 Å². The van der Waals surface area contributed by atoms with E-state index in [9.17, 15) is 14.4 Å². The lowest BCUT2D eigenvalue weighted by Gasteiger charge is -2.36. The van der Waals surface area contributed by atoms with Crippen LogP contribution in [0.5, 0.6) is 0 Å². The van der Waals surface area contributed by atoms with E-state index >= 15 is 0 Å². The summed E-state index contributed by atoms with van der Waals surface area (Å²) in [6.07, 6.45) is 3.32. The van der Waals surface area contributed by atoms with Gasteiger partial charge in [0.05, 0.1) is 31.4 Å². The molecule has 4 heterocycles. The van der Waals surface area contributed by atoms with E-state index in [4.69, 9.17) is 19.4 Å². The van der Waals surface area contributed by atoms with Crippen molar-refractivity contribution < 1.29 is 23.9 Å². The van der Waals surface area contributed by atoms with E-state index in [1.807, 2.05) is 25.1 Å². The van der Waals surface area contributed by atoms with Crippen LogP contribution in [0.1, 0.15) is 44.4 Å². The Labute approximate surface area is 204 Å². The molecule has 4 rings (SSSR count). The molecule has 0 aromatic carbocycles. The molecular weight excluding hydrogens is 450 g/mol. The number of amides is 1. The Kier molecular flexibility index (Phi) is 7.89. The van der Waals surface area contributed by atoms with Crippen LogP contribution in [0.4, 0.5) is 5.82 Å². The van der Waals surface area contributed by atoms with E-state index in [0.29, 0.717) is 63.6 Å². The van der Waals surface area contributed by atoms with Gasteiger partial charge >= 0.3 is 11.9 Å². The van der Waals surface area contributed by atoms with Crippen molar-refractivity contribution in [2.75, 3.05) is 37.7 Å². The molecular formula is C25H31N5O5. The van der Waals surface area contributed by atoms with Gasteiger partial charge in [-0.1, -0.05) is 6.07 Å². The number of anilines is 1. The number of carbonyl (C=O) groups excluding carboxylic acids is 3. The van der Waals surface area contributed by atoms with Gasteiger partial charge in [-0.05, 0) is 38.8 Å². The van der Waals surface area contributed by atoms with Crippen molar-refractivity contribution in [1.82, 2.24) is 19.9 Å². The number of hydrogen-bond donors (Lipinski definition) is 0. The lowest BCUT2D eigenvalue weighted by molar-refractivity contribution is -0.150. The summed E-state index contributed by atoms with van der Waals surface area (Å²) in [6.45, 7) is 6.22. The largest absolute Gasteiger partial charge is 0.466 e. The van der Waals surface area contributed by atoms with E-state index in [0.717, 1.165) is 17.1 Å². The maximum atomic E-state index is 12.8. The number of pyridine rings is 1. The molecule has 0 atom stereocenters. The lowest BCUT2D eigenvalue weighted by Crippen LogP contribution is -2.41. The fraction of sp³-hybridized carbons (Fsp3) is 0.520. The standard InChI is InChI=1S/C25H31N5O5/c1-3-34-22(32)15-21(31)30-14-10-19-18(16-30)24(28-23(27-19)20-7-5-6-11-26-20)29-12-8-17(9-13-29)25(33)35-4-2/h5-7,11,17H,3-4,8-10,12-16H2,1-2H3. The van der Waals surface area contributed by atoms with Crippen molar-refractivity contribution in [1.29, 1.82) is 0 Å². The van der Waals surface area contributed by atoms with Gasteiger partial charge in [0.15, 0.2) is 5.82 Å². The van der Waals surface area contributed by atoms with Crippen LogP contribution in [-0.4, -0.2) is 70.5 Å². The van der Waals surface area contributed by atoms with E-state index in [-0.39, 0.29) is 30.8 Å². The Morgan fingerprint density at radius 2 is 1.80 bits per heavy atom. The fourth-order valence-electron chi connectivity index (χ4n) is 4.52. The van der Waals surface area contributed by atoms with Crippen LogP contribution in [0.25, 0.3) is 11.5 Å². The Bertz CT molecular complexity index is 1070. The van der Waals surface area contributed by atoms with Crippen molar-refractivity contribution in [3.8, 4) is 11.5 Å². The Morgan fingerprint density at radius 3 is 2.49 bits per heavy atom. The molecule has 2 aliphatic heterocycles. The third kappa shape index (κ3) is 5.75. The molecule has 0 radical (unpaired) electrons. The Balaban J connectivity index is 1.60. The molecule has 1 fully saturated rings. The third-order valence-electron chi connectivity index (χ3n) is 6.30. The van der Waals surface area contributed by atoms with Gasteiger partial charge in [0, 0.05) is 37.8 Å². The predicted molar refractivity (Wildman–Crippen MR) is 127 cm³/mol. The van der Waals surface area contributed by atoms with Crippen molar-refractivity contribution in [3.05, 3.63) is 35.7 Å². The van der Waals surface area contributed by atoms with Gasteiger partial charge < -0.3 is 19.3 Å². The summed E-state index contributed by atoms with van der Waals surface area (Å²) in [6, 6.07) is 5.61. The minimum Gasteiger partial charge on any atom is -0.466 e. The quantitative estimate of drug-likeness (QED) is 0.433. The van der Waals surface area contributed by atoms with Gasteiger partial charge in [-0.25, -0.2) is 9.97 Å². The number of carbonyl (C=O) groups is 3. The first-order valence-electron chi connectivity index (χ1n) is 12.2. The normalized spacial score (nSPS) is 15.9. The van der Waals surface area contributed by atoms with Gasteiger partial charge in [0.25, 0.3) is 0 Å². The summed E-state index contributed by atoms with van der Waals surface area (Å²) < 4.78 is 10.1. The number of nitrogens with zero attached hydrogens (tertiary/aromatic N) is 5. The van der Waals surface area contributed by atoms with Crippen LogP contribution in [-0.2, 0) is 36.8 Å². The molecule has 186 valence electrons. The predicted octanol–water partition coefficient (Wildman–Crippen LogP) is 2.16. The van der Waals surface area contributed by atoms with Crippen LogP contribution in [0.2, 0.25) is 0 Å². The number of ether oxygens (including phenoxy) is 2. The van der Waals surface area contributed by atoms with Gasteiger partial charge in [-0.2, -0.15) is 0 Å². The molecule has 10 heteroatoms. The second-order valence-corrected chi connectivity index (χ2v) is 8.57. The van der Waals surface area contributed by atoms with E-state index in [1.54, 1.807) is 18.0 Å². The summed E-state index contributed by atoms with van der Waals surface area (Å²) >= 11 is 0. The summed E-state index contributed by atoms with van der Waals surface area (Å²) in [5.74, 6) is 0.231. The molecule has 0 unspecified atom stereocenters. The van der Waals surface area contributed by atoms with Crippen molar-refractivity contribution in [3.63, 3.8) is 0 Å². The molecule has 0 aliphatic carbocycles. The molecule has 1 saturated heterocycles. The van der Waals surface area contributed by atoms with Gasteiger partial charge in [0.2, 0.25) is 5.91 Å². The highest BCUT2D eigenvalue weighted by Crippen LogP contribution is 2.32. The zero-order chi connectivity index (χ0) is 24.8. The number of esters is 2. The van der Waals surface area contributed by atoms with E-state index < -0.39 is 5.97 Å². The number of aromatic nitrogens is 3. The topological polar surface area (TPSA) is 115 Å².